The number of benzene rings is 2. The third kappa shape index (κ3) is 8.11. The van der Waals surface area contributed by atoms with E-state index < -0.39 is 0 Å². The molecular weight excluding hydrogens is 645 g/mol. The van der Waals surface area contributed by atoms with Crippen molar-refractivity contribution >= 4 is 69.6 Å². The third-order valence-corrected chi connectivity index (χ3v) is 9.98. The molecule has 4 heterocycles. The molecule has 7 rings (SSSR count). The van der Waals surface area contributed by atoms with Gasteiger partial charge in [-0.25, -0.2) is 19.9 Å². The quantitative estimate of drug-likeness (QED) is 0.0749. The molecule has 0 unspecified atom stereocenters. The fourth-order valence-electron chi connectivity index (χ4n) is 5.07. The number of rotatable bonds is 16. The van der Waals surface area contributed by atoms with Crippen LogP contribution in [0.1, 0.15) is 32.3 Å². The second-order valence-electron chi connectivity index (χ2n) is 12.9. The average Bonchev–Trinajstić information content (AvgIpc) is 3.56. The van der Waals surface area contributed by atoms with Crippen LogP contribution in [0.3, 0.4) is 0 Å². The van der Waals surface area contributed by atoms with Crippen LogP contribution in [0, 0.1) is 10.8 Å². The summed E-state index contributed by atoms with van der Waals surface area (Å²) < 4.78 is 11.8. The lowest BCUT2D eigenvalue weighted by Gasteiger charge is -2.24. The molecule has 6 aromatic rings. The van der Waals surface area contributed by atoms with E-state index in [4.69, 9.17) is 8.83 Å². The molecule has 0 amide bonds. The Labute approximate surface area is 287 Å². The lowest BCUT2D eigenvalue weighted by molar-refractivity contribution is 0.412. The van der Waals surface area contributed by atoms with Gasteiger partial charge in [0.2, 0.25) is 11.9 Å². The Balaban J connectivity index is 0.856. The number of nitrogens with zero attached hydrogens (tertiary/aromatic N) is 6. The summed E-state index contributed by atoms with van der Waals surface area (Å²) in [6.07, 6.45) is 11.7. The number of thioether (sulfide) groups is 2. The molecule has 1 fully saturated rings. The normalized spacial score (nSPS) is 13.9. The molecule has 14 heteroatoms. The minimum atomic E-state index is -0.0956. The number of aromatic nitrogens is 6. The molecule has 0 atom stereocenters. The molecule has 0 radical (unpaired) electrons. The van der Waals surface area contributed by atoms with Crippen LogP contribution < -0.4 is 21.3 Å². The first kappa shape index (κ1) is 32.0. The van der Waals surface area contributed by atoms with Crippen LogP contribution in [-0.4, -0.2) is 62.3 Å². The molecule has 4 aromatic heterocycles. The molecule has 48 heavy (non-hydrogen) atoms. The fourth-order valence-corrected chi connectivity index (χ4v) is 6.15. The maximum atomic E-state index is 5.97. The van der Waals surface area contributed by atoms with Crippen molar-refractivity contribution in [1.29, 1.82) is 0 Å². The van der Waals surface area contributed by atoms with Gasteiger partial charge in [-0.05, 0) is 54.3 Å². The van der Waals surface area contributed by atoms with Gasteiger partial charge in [0.15, 0.2) is 11.2 Å². The van der Waals surface area contributed by atoms with E-state index >= 15 is 0 Å². The molecular formula is C34H38N10O2S2. The third-order valence-electron chi connectivity index (χ3n) is 8.28. The highest BCUT2D eigenvalue weighted by Crippen LogP contribution is 2.45. The van der Waals surface area contributed by atoms with Crippen molar-refractivity contribution in [2.75, 3.05) is 53.7 Å². The van der Waals surface area contributed by atoms with E-state index in [1.54, 1.807) is 23.5 Å². The number of para-hydroxylation sites is 2. The molecule has 1 saturated carbocycles. The number of hydrogen-bond donors (Lipinski definition) is 4. The summed E-state index contributed by atoms with van der Waals surface area (Å²) >= 11 is 3.31. The van der Waals surface area contributed by atoms with Crippen LogP contribution in [0.5, 0.6) is 0 Å². The first-order valence-corrected chi connectivity index (χ1v) is 18.1. The molecule has 2 aromatic carbocycles. The van der Waals surface area contributed by atoms with Crippen molar-refractivity contribution in [2.24, 2.45) is 10.8 Å². The van der Waals surface area contributed by atoms with Crippen molar-refractivity contribution < 1.29 is 8.83 Å². The van der Waals surface area contributed by atoms with Gasteiger partial charge in [0.05, 0.1) is 0 Å². The molecule has 0 bridgehead atoms. The molecule has 0 spiro atoms. The van der Waals surface area contributed by atoms with E-state index in [1.807, 2.05) is 61.4 Å². The fraction of sp³-hybridized carbons (Fsp3) is 0.353. The van der Waals surface area contributed by atoms with Gasteiger partial charge < -0.3 is 30.1 Å². The molecule has 248 valence electrons. The Kier molecular flexibility index (Phi) is 9.26. The van der Waals surface area contributed by atoms with Crippen LogP contribution in [0.25, 0.3) is 22.2 Å². The smallest absolute Gasteiger partial charge is 0.295 e. The zero-order valence-corrected chi connectivity index (χ0v) is 28.7. The van der Waals surface area contributed by atoms with Crippen LogP contribution in [0.4, 0.5) is 23.9 Å². The van der Waals surface area contributed by atoms with Crippen molar-refractivity contribution in [3.05, 3.63) is 72.8 Å². The van der Waals surface area contributed by atoms with Crippen molar-refractivity contribution in [2.45, 2.75) is 42.2 Å². The zero-order valence-electron chi connectivity index (χ0n) is 27.1. The highest BCUT2D eigenvalue weighted by molar-refractivity contribution is 7.98. The standard InChI is InChI=1S/C34H38N10O2S2/c1-33(2,18-39-29-35-13-23(47-3)14-36-29)19-41-31-44-26-12-22(8-9-28(26)46-31)17-48-24-15-37-30(38-16-24)40-20-34(10-11-34)21-42-32-43-25-6-4-5-7-27(25)45-32/h4-9,12-16H,10-11,17-21H2,1-3H3,(H,41,44)(H,42,43)(H,35,36,39)(H,37,38,40). The van der Waals surface area contributed by atoms with Gasteiger partial charge in [-0.15, -0.1) is 23.5 Å². The molecule has 12 nitrogen and oxygen atoms in total. The predicted octanol–water partition coefficient (Wildman–Crippen LogP) is 7.42. The summed E-state index contributed by atoms with van der Waals surface area (Å²) in [6.45, 7) is 7.27. The van der Waals surface area contributed by atoms with Gasteiger partial charge >= 0.3 is 0 Å². The Morgan fingerprint density at radius 3 is 2.08 bits per heavy atom. The van der Waals surface area contributed by atoms with Crippen LogP contribution in [0.2, 0.25) is 0 Å². The second-order valence-corrected chi connectivity index (χ2v) is 14.8. The van der Waals surface area contributed by atoms with Crippen molar-refractivity contribution in [1.82, 2.24) is 29.9 Å². The molecule has 0 saturated heterocycles. The number of fused-ring (bicyclic) bond motifs is 2. The number of nitrogens with one attached hydrogen (secondary N) is 4. The van der Waals surface area contributed by atoms with Crippen molar-refractivity contribution in [3.8, 4) is 0 Å². The van der Waals surface area contributed by atoms with Gasteiger partial charge in [-0.3, -0.25) is 0 Å². The maximum Gasteiger partial charge on any atom is 0.295 e. The van der Waals surface area contributed by atoms with E-state index in [0.717, 1.165) is 69.2 Å². The first-order chi connectivity index (χ1) is 23.3. The minimum Gasteiger partial charge on any atom is -0.424 e. The Morgan fingerprint density at radius 1 is 0.729 bits per heavy atom. The lowest BCUT2D eigenvalue weighted by Crippen LogP contribution is -2.31. The van der Waals surface area contributed by atoms with Gasteiger partial charge in [0.25, 0.3) is 12.0 Å². The van der Waals surface area contributed by atoms with Crippen molar-refractivity contribution in [3.63, 3.8) is 0 Å². The summed E-state index contributed by atoms with van der Waals surface area (Å²) in [7, 11) is 0. The molecule has 1 aliphatic carbocycles. The lowest BCUT2D eigenvalue weighted by atomic mass is 9.93. The number of oxazole rings is 2. The zero-order chi connectivity index (χ0) is 33.0. The van der Waals surface area contributed by atoms with Crippen LogP contribution in [-0.2, 0) is 5.75 Å². The van der Waals surface area contributed by atoms with Gasteiger partial charge in [-0.1, -0.05) is 32.0 Å². The van der Waals surface area contributed by atoms with E-state index in [2.05, 4.69) is 77.2 Å². The SMILES string of the molecule is CSc1cnc(NCC(C)(C)CNc2nc3cc(CSc4cnc(NCC5(CNc6nc7ccccc7o6)CC5)nc4)ccc3o2)nc1. The van der Waals surface area contributed by atoms with Gasteiger partial charge in [0.1, 0.15) is 11.0 Å². The summed E-state index contributed by atoms with van der Waals surface area (Å²) in [5, 5.41) is 13.5. The first-order valence-electron chi connectivity index (χ1n) is 15.9. The van der Waals surface area contributed by atoms with E-state index in [0.29, 0.717) is 37.0 Å². The van der Waals surface area contributed by atoms with E-state index in [1.165, 1.54) is 0 Å². The van der Waals surface area contributed by atoms with Gasteiger partial charge in [0, 0.05) is 71.9 Å². The highest BCUT2D eigenvalue weighted by atomic mass is 32.2. The monoisotopic (exact) mass is 682 g/mol. The summed E-state index contributed by atoms with van der Waals surface area (Å²) in [5.74, 6) is 2.02. The Bertz CT molecular complexity index is 1940. The van der Waals surface area contributed by atoms with Crippen LogP contribution >= 0.6 is 23.5 Å². The average molecular weight is 683 g/mol. The summed E-state index contributed by atoms with van der Waals surface area (Å²) in [6, 6.07) is 15.0. The molecule has 0 aliphatic heterocycles. The van der Waals surface area contributed by atoms with Crippen LogP contribution in [0.15, 0.2) is 85.9 Å². The topological polar surface area (TPSA) is 152 Å². The summed E-state index contributed by atoms with van der Waals surface area (Å²) in [4.78, 5) is 29.1. The Hall–Kier alpha value is -4.56. The largest absolute Gasteiger partial charge is 0.424 e. The number of anilines is 4. The van der Waals surface area contributed by atoms with Gasteiger partial charge in [-0.2, -0.15) is 9.97 Å². The number of hydrogen-bond acceptors (Lipinski definition) is 14. The van der Waals surface area contributed by atoms with E-state index in [-0.39, 0.29) is 10.8 Å². The maximum absolute atomic E-state index is 5.97. The summed E-state index contributed by atoms with van der Waals surface area (Å²) in [5.41, 5.74) is 4.43. The second kappa shape index (κ2) is 13.9. The Morgan fingerprint density at radius 2 is 1.35 bits per heavy atom. The minimum absolute atomic E-state index is 0.0956. The predicted molar refractivity (Wildman–Crippen MR) is 193 cm³/mol. The van der Waals surface area contributed by atoms with E-state index in [9.17, 15) is 0 Å². The molecule has 4 N–H and O–H groups in total. The molecule has 1 aliphatic rings. The highest BCUT2D eigenvalue weighted by Gasteiger charge is 2.42.